The van der Waals surface area contributed by atoms with Crippen molar-refractivity contribution < 1.29 is 9.21 Å². The summed E-state index contributed by atoms with van der Waals surface area (Å²) in [5.41, 5.74) is 1.56. The van der Waals surface area contributed by atoms with Gasteiger partial charge in [-0.2, -0.15) is 0 Å². The van der Waals surface area contributed by atoms with E-state index >= 15 is 0 Å². The maximum atomic E-state index is 12.8. The fourth-order valence-corrected chi connectivity index (χ4v) is 3.66. The Bertz CT molecular complexity index is 1020. The number of hydrogen-bond donors (Lipinski definition) is 0. The van der Waals surface area contributed by atoms with Gasteiger partial charge in [-0.3, -0.25) is 14.2 Å². The minimum absolute atomic E-state index is 0.0306. The molecular weight excluding hydrogens is 388 g/mol. The van der Waals surface area contributed by atoms with Crippen LogP contribution in [-0.2, 0) is 17.9 Å². The molecule has 0 N–H and O–H groups in total. The standard InChI is InChI=1S/C18H17ClN4O3S/c1-11-10-27-18(25)22(11)9-16(24)23(14-6-7-14)8-15-20-21-17(26-15)12-2-4-13(19)5-3-12/h2-5,10,14H,6-9H2,1H3. The van der Waals surface area contributed by atoms with Gasteiger partial charge in [-0.1, -0.05) is 22.9 Å². The van der Waals surface area contributed by atoms with E-state index in [1.165, 1.54) is 4.57 Å². The number of halogens is 1. The molecule has 9 heteroatoms. The molecule has 1 aliphatic rings. The van der Waals surface area contributed by atoms with Crippen molar-refractivity contribution in [1.82, 2.24) is 19.7 Å². The van der Waals surface area contributed by atoms with Gasteiger partial charge < -0.3 is 9.32 Å². The molecule has 0 bridgehead atoms. The van der Waals surface area contributed by atoms with E-state index in [0.717, 1.165) is 35.4 Å². The fourth-order valence-electron chi connectivity index (χ4n) is 2.80. The van der Waals surface area contributed by atoms with Crippen LogP contribution in [0, 0.1) is 6.92 Å². The van der Waals surface area contributed by atoms with Gasteiger partial charge >= 0.3 is 4.87 Å². The highest BCUT2D eigenvalue weighted by atomic mass is 35.5. The highest BCUT2D eigenvalue weighted by Gasteiger charge is 2.34. The fraction of sp³-hybridized carbons (Fsp3) is 0.333. The number of aryl methyl sites for hydroxylation is 1. The average molecular weight is 405 g/mol. The molecule has 3 aromatic rings. The zero-order chi connectivity index (χ0) is 19.0. The van der Waals surface area contributed by atoms with Gasteiger partial charge in [0.05, 0.1) is 6.54 Å². The van der Waals surface area contributed by atoms with Crippen LogP contribution in [0.4, 0.5) is 0 Å². The zero-order valence-electron chi connectivity index (χ0n) is 14.6. The molecule has 1 saturated carbocycles. The number of amides is 1. The van der Waals surface area contributed by atoms with Crippen LogP contribution in [-0.4, -0.2) is 31.6 Å². The quantitative estimate of drug-likeness (QED) is 0.630. The van der Waals surface area contributed by atoms with Gasteiger partial charge in [0.15, 0.2) is 0 Å². The molecule has 0 aliphatic heterocycles. The SMILES string of the molecule is Cc1csc(=O)n1CC(=O)N(Cc1nnc(-c2ccc(Cl)cc2)o1)C1CC1. The first kappa shape index (κ1) is 17.9. The van der Waals surface area contributed by atoms with Crippen LogP contribution in [0.15, 0.2) is 38.9 Å². The van der Waals surface area contributed by atoms with Crippen molar-refractivity contribution >= 4 is 28.8 Å². The lowest BCUT2D eigenvalue weighted by molar-refractivity contribution is -0.133. The van der Waals surface area contributed by atoms with Gasteiger partial charge in [0.1, 0.15) is 6.54 Å². The molecule has 0 radical (unpaired) electrons. The van der Waals surface area contributed by atoms with E-state index in [1.807, 2.05) is 6.92 Å². The number of aromatic nitrogens is 3. The summed E-state index contributed by atoms with van der Waals surface area (Å²) < 4.78 is 7.22. The molecule has 27 heavy (non-hydrogen) atoms. The number of rotatable bonds is 6. The van der Waals surface area contributed by atoms with Crippen LogP contribution in [0.1, 0.15) is 24.4 Å². The number of thiazole rings is 1. The summed E-state index contributed by atoms with van der Waals surface area (Å²) in [6.45, 7) is 2.09. The summed E-state index contributed by atoms with van der Waals surface area (Å²) in [7, 11) is 0. The van der Waals surface area contributed by atoms with Gasteiger partial charge in [0.2, 0.25) is 17.7 Å². The minimum Gasteiger partial charge on any atom is -0.419 e. The third kappa shape index (κ3) is 3.96. The van der Waals surface area contributed by atoms with Crippen molar-refractivity contribution in [2.75, 3.05) is 0 Å². The third-order valence-corrected chi connectivity index (χ3v) is 5.57. The van der Waals surface area contributed by atoms with Crippen LogP contribution in [0.25, 0.3) is 11.5 Å². The first-order chi connectivity index (χ1) is 13.0. The topological polar surface area (TPSA) is 81.2 Å². The zero-order valence-corrected chi connectivity index (χ0v) is 16.2. The maximum Gasteiger partial charge on any atom is 0.307 e. The van der Waals surface area contributed by atoms with Crippen molar-refractivity contribution in [3.63, 3.8) is 0 Å². The molecule has 1 aromatic carbocycles. The predicted molar refractivity (Wildman–Crippen MR) is 102 cm³/mol. The smallest absolute Gasteiger partial charge is 0.307 e. The second-order valence-corrected chi connectivity index (χ2v) is 7.75. The minimum atomic E-state index is -0.126. The van der Waals surface area contributed by atoms with Crippen molar-refractivity contribution in [1.29, 1.82) is 0 Å². The highest BCUT2D eigenvalue weighted by molar-refractivity contribution is 7.07. The van der Waals surface area contributed by atoms with E-state index in [2.05, 4.69) is 10.2 Å². The van der Waals surface area contributed by atoms with Crippen LogP contribution in [0.5, 0.6) is 0 Å². The number of carbonyl (C=O) groups excluding carboxylic acids is 1. The second-order valence-electron chi connectivity index (χ2n) is 6.49. The molecule has 2 aromatic heterocycles. The van der Waals surface area contributed by atoms with Crippen LogP contribution >= 0.6 is 22.9 Å². The third-order valence-electron chi connectivity index (χ3n) is 4.44. The molecule has 7 nitrogen and oxygen atoms in total. The first-order valence-electron chi connectivity index (χ1n) is 8.54. The molecule has 0 spiro atoms. The van der Waals surface area contributed by atoms with E-state index in [0.29, 0.717) is 16.8 Å². The van der Waals surface area contributed by atoms with E-state index in [-0.39, 0.29) is 29.9 Å². The normalized spacial score (nSPS) is 13.7. The predicted octanol–water partition coefficient (Wildman–Crippen LogP) is 3.11. The lowest BCUT2D eigenvalue weighted by Gasteiger charge is -2.21. The molecule has 4 rings (SSSR count). The van der Waals surface area contributed by atoms with E-state index < -0.39 is 0 Å². The van der Waals surface area contributed by atoms with Crippen molar-refractivity contribution in [2.24, 2.45) is 0 Å². The molecule has 1 amide bonds. The van der Waals surface area contributed by atoms with Crippen molar-refractivity contribution in [3.8, 4) is 11.5 Å². The Morgan fingerprint density at radius 1 is 1.33 bits per heavy atom. The molecular formula is C18H17ClN4O3S. The van der Waals surface area contributed by atoms with Crippen LogP contribution in [0.2, 0.25) is 5.02 Å². The summed E-state index contributed by atoms with van der Waals surface area (Å²) in [5, 5.41) is 10.5. The van der Waals surface area contributed by atoms with Crippen LogP contribution < -0.4 is 4.87 Å². The number of carbonyl (C=O) groups is 1. The van der Waals surface area contributed by atoms with Crippen molar-refractivity contribution in [3.05, 3.63) is 55.9 Å². The number of hydrogen-bond acceptors (Lipinski definition) is 6. The Kier molecular flexibility index (Phi) is 4.84. The number of nitrogens with zero attached hydrogens (tertiary/aromatic N) is 4. The Morgan fingerprint density at radius 2 is 2.07 bits per heavy atom. The second kappa shape index (κ2) is 7.28. The average Bonchev–Trinajstić information content (AvgIpc) is 3.31. The molecule has 1 fully saturated rings. The molecule has 0 unspecified atom stereocenters. The number of benzene rings is 1. The molecule has 0 atom stereocenters. The Morgan fingerprint density at radius 3 is 2.70 bits per heavy atom. The van der Waals surface area contributed by atoms with E-state index in [4.69, 9.17) is 16.0 Å². The summed E-state index contributed by atoms with van der Waals surface area (Å²) in [6, 6.07) is 7.27. The van der Waals surface area contributed by atoms with Gasteiger partial charge in [-0.05, 0) is 44.0 Å². The molecule has 1 aliphatic carbocycles. The van der Waals surface area contributed by atoms with Gasteiger partial charge in [-0.15, -0.1) is 10.2 Å². The lowest BCUT2D eigenvalue weighted by Crippen LogP contribution is -2.37. The van der Waals surface area contributed by atoms with E-state index in [9.17, 15) is 9.59 Å². The molecule has 2 heterocycles. The highest BCUT2D eigenvalue weighted by Crippen LogP contribution is 2.29. The molecule has 0 saturated heterocycles. The summed E-state index contributed by atoms with van der Waals surface area (Å²) in [5.74, 6) is 0.636. The monoisotopic (exact) mass is 404 g/mol. The summed E-state index contributed by atoms with van der Waals surface area (Å²) >= 11 is 7.00. The van der Waals surface area contributed by atoms with E-state index in [1.54, 1.807) is 34.5 Å². The van der Waals surface area contributed by atoms with Gasteiger partial charge in [0.25, 0.3) is 0 Å². The largest absolute Gasteiger partial charge is 0.419 e. The Balaban J connectivity index is 1.50. The lowest BCUT2D eigenvalue weighted by atomic mass is 10.2. The summed E-state index contributed by atoms with van der Waals surface area (Å²) in [4.78, 5) is 26.3. The Hall–Kier alpha value is -2.45. The first-order valence-corrected chi connectivity index (χ1v) is 9.80. The summed E-state index contributed by atoms with van der Waals surface area (Å²) in [6.07, 6.45) is 1.89. The van der Waals surface area contributed by atoms with Gasteiger partial charge in [0, 0.05) is 27.7 Å². The van der Waals surface area contributed by atoms with Crippen molar-refractivity contribution in [2.45, 2.75) is 38.9 Å². The molecule has 140 valence electrons. The Labute approximate surface area is 164 Å². The maximum absolute atomic E-state index is 12.8. The van der Waals surface area contributed by atoms with Gasteiger partial charge in [-0.25, -0.2) is 0 Å². The van der Waals surface area contributed by atoms with Crippen LogP contribution in [0.3, 0.4) is 0 Å².